The molecule has 0 amide bonds. The van der Waals surface area contributed by atoms with E-state index in [0.29, 0.717) is 12.8 Å². The van der Waals surface area contributed by atoms with Gasteiger partial charge in [-0.1, -0.05) is 13.3 Å². The topological polar surface area (TPSA) is 60.9 Å². The number of ketones is 1. The number of rotatable bonds is 7. The van der Waals surface area contributed by atoms with Crippen molar-refractivity contribution in [2.45, 2.75) is 52.1 Å². The molecule has 90 valence electrons. The number of nitrogens with two attached hydrogens (primary N) is 1. The molecular formula is C12H21N3O. The van der Waals surface area contributed by atoms with Crippen LogP contribution in [0, 0.1) is 0 Å². The smallest absolute Gasteiger partial charge is 0.141 e. The molecule has 1 rings (SSSR count). The summed E-state index contributed by atoms with van der Waals surface area (Å²) < 4.78 is 1.99. The van der Waals surface area contributed by atoms with Gasteiger partial charge in [0.2, 0.25) is 0 Å². The Kier molecular flexibility index (Phi) is 5.19. The van der Waals surface area contributed by atoms with E-state index in [2.05, 4.69) is 11.9 Å². The molecular weight excluding hydrogens is 202 g/mol. The van der Waals surface area contributed by atoms with Crippen LogP contribution in [0.3, 0.4) is 0 Å². The number of nitrogens with zero attached hydrogens (tertiary/aromatic N) is 2. The molecule has 4 nitrogen and oxygen atoms in total. The number of Topliss-reactive ketones (excluding diaryl/α,β-unsaturated/α-hetero) is 1. The van der Waals surface area contributed by atoms with Gasteiger partial charge in [0.15, 0.2) is 0 Å². The first-order valence-electron chi connectivity index (χ1n) is 5.94. The Morgan fingerprint density at radius 3 is 2.94 bits per heavy atom. The molecule has 0 aliphatic carbocycles. The Hall–Kier alpha value is -1.16. The van der Waals surface area contributed by atoms with Gasteiger partial charge in [0.1, 0.15) is 11.6 Å². The molecule has 0 radical (unpaired) electrons. The summed E-state index contributed by atoms with van der Waals surface area (Å²) in [5, 5.41) is 0. The van der Waals surface area contributed by atoms with Gasteiger partial charge in [-0.25, -0.2) is 4.98 Å². The minimum atomic E-state index is 0.00235. The van der Waals surface area contributed by atoms with E-state index in [1.165, 1.54) is 0 Å². The van der Waals surface area contributed by atoms with E-state index in [1.54, 1.807) is 6.20 Å². The Labute approximate surface area is 96.9 Å². The summed E-state index contributed by atoms with van der Waals surface area (Å²) in [5.74, 6) is 1.03. The van der Waals surface area contributed by atoms with E-state index in [-0.39, 0.29) is 11.8 Å². The first-order chi connectivity index (χ1) is 7.67. The highest BCUT2D eigenvalue weighted by molar-refractivity contribution is 5.80. The Morgan fingerprint density at radius 2 is 2.31 bits per heavy atom. The monoisotopic (exact) mass is 223 g/mol. The van der Waals surface area contributed by atoms with Crippen LogP contribution in [0.25, 0.3) is 0 Å². The van der Waals surface area contributed by atoms with Crippen LogP contribution in [0.5, 0.6) is 0 Å². The van der Waals surface area contributed by atoms with E-state index in [1.807, 2.05) is 17.7 Å². The number of carbonyl (C=O) groups is 1. The fraction of sp³-hybridized carbons (Fsp3) is 0.667. The molecule has 1 heterocycles. The molecule has 0 fully saturated rings. The van der Waals surface area contributed by atoms with Gasteiger partial charge in [0.05, 0.1) is 6.42 Å². The van der Waals surface area contributed by atoms with Gasteiger partial charge in [-0.2, -0.15) is 0 Å². The maximum Gasteiger partial charge on any atom is 0.141 e. The lowest BCUT2D eigenvalue weighted by molar-refractivity contribution is -0.118. The Balaban J connectivity index is 2.45. The minimum Gasteiger partial charge on any atom is -0.335 e. The maximum absolute atomic E-state index is 11.7. The maximum atomic E-state index is 11.7. The van der Waals surface area contributed by atoms with Crippen LogP contribution in [-0.4, -0.2) is 21.4 Å². The van der Waals surface area contributed by atoms with Crippen molar-refractivity contribution < 1.29 is 4.79 Å². The lowest BCUT2D eigenvalue weighted by Crippen LogP contribution is -2.24. The molecule has 0 aliphatic rings. The summed E-state index contributed by atoms with van der Waals surface area (Å²) in [6, 6.07) is 0.00235. The van der Waals surface area contributed by atoms with Gasteiger partial charge in [0.25, 0.3) is 0 Å². The highest BCUT2D eigenvalue weighted by atomic mass is 16.1. The van der Waals surface area contributed by atoms with E-state index >= 15 is 0 Å². The van der Waals surface area contributed by atoms with Crippen LogP contribution in [0.15, 0.2) is 12.4 Å². The molecule has 1 aromatic heterocycles. The fourth-order valence-corrected chi connectivity index (χ4v) is 1.81. The summed E-state index contributed by atoms with van der Waals surface area (Å²) in [6.07, 6.45) is 6.43. The van der Waals surface area contributed by atoms with Gasteiger partial charge >= 0.3 is 0 Å². The summed E-state index contributed by atoms with van der Waals surface area (Å²) >= 11 is 0. The molecule has 0 bridgehead atoms. The average Bonchev–Trinajstić information content (AvgIpc) is 2.65. The van der Waals surface area contributed by atoms with E-state index in [9.17, 15) is 4.79 Å². The van der Waals surface area contributed by atoms with Crippen molar-refractivity contribution in [1.29, 1.82) is 0 Å². The first kappa shape index (κ1) is 12.9. The normalized spacial score (nSPS) is 12.7. The molecule has 0 aliphatic heterocycles. The van der Waals surface area contributed by atoms with E-state index in [4.69, 9.17) is 5.73 Å². The van der Waals surface area contributed by atoms with Crippen LogP contribution >= 0.6 is 0 Å². The number of hydrogen-bond acceptors (Lipinski definition) is 3. The van der Waals surface area contributed by atoms with Crippen LogP contribution in [0.4, 0.5) is 0 Å². The summed E-state index contributed by atoms with van der Waals surface area (Å²) in [6.45, 7) is 4.97. The molecule has 2 N–H and O–H groups in total. The number of aryl methyl sites for hydroxylation is 1. The van der Waals surface area contributed by atoms with Crippen molar-refractivity contribution in [2.75, 3.05) is 0 Å². The van der Waals surface area contributed by atoms with Crippen molar-refractivity contribution in [2.24, 2.45) is 5.73 Å². The zero-order valence-corrected chi connectivity index (χ0v) is 10.1. The number of imidazole rings is 1. The van der Waals surface area contributed by atoms with Gasteiger partial charge < -0.3 is 10.3 Å². The highest BCUT2D eigenvalue weighted by Crippen LogP contribution is 2.04. The van der Waals surface area contributed by atoms with Gasteiger partial charge in [-0.15, -0.1) is 0 Å². The third-order valence-corrected chi connectivity index (χ3v) is 2.65. The third kappa shape index (κ3) is 3.77. The number of aromatic nitrogens is 2. The molecule has 1 aromatic rings. The quantitative estimate of drug-likeness (QED) is 0.762. The van der Waals surface area contributed by atoms with E-state index < -0.39 is 0 Å². The van der Waals surface area contributed by atoms with Gasteiger partial charge in [-0.3, -0.25) is 4.79 Å². The number of hydrogen-bond donors (Lipinski definition) is 1. The predicted octanol–water partition coefficient (Wildman–Crippen LogP) is 1.53. The second-order valence-corrected chi connectivity index (χ2v) is 4.10. The second kappa shape index (κ2) is 6.43. The van der Waals surface area contributed by atoms with Crippen LogP contribution in [0.2, 0.25) is 0 Å². The number of carbonyl (C=O) groups excluding carboxylic acids is 1. The molecule has 0 aromatic carbocycles. The summed E-state index contributed by atoms with van der Waals surface area (Å²) in [7, 11) is 0. The van der Waals surface area contributed by atoms with Crippen LogP contribution in [0.1, 0.15) is 38.9 Å². The highest BCUT2D eigenvalue weighted by Gasteiger charge is 2.12. The average molecular weight is 223 g/mol. The summed E-state index contributed by atoms with van der Waals surface area (Å²) in [5.41, 5.74) is 5.84. The molecule has 0 saturated carbocycles. The molecule has 16 heavy (non-hydrogen) atoms. The Bertz CT molecular complexity index is 333. The van der Waals surface area contributed by atoms with Crippen LogP contribution < -0.4 is 5.73 Å². The fourth-order valence-electron chi connectivity index (χ4n) is 1.81. The molecule has 0 saturated heterocycles. The van der Waals surface area contributed by atoms with Gasteiger partial charge in [-0.05, 0) is 13.3 Å². The minimum absolute atomic E-state index is 0.00235. The zero-order chi connectivity index (χ0) is 12.0. The molecule has 1 atom stereocenters. The molecule has 0 spiro atoms. The van der Waals surface area contributed by atoms with Crippen molar-refractivity contribution in [1.82, 2.24) is 9.55 Å². The van der Waals surface area contributed by atoms with Crippen molar-refractivity contribution in [3.63, 3.8) is 0 Å². The largest absolute Gasteiger partial charge is 0.335 e. The van der Waals surface area contributed by atoms with E-state index in [0.717, 1.165) is 25.2 Å². The molecule has 1 unspecified atom stereocenters. The third-order valence-electron chi connectivity index (χ3n) is 2.65. The second-order valence-electron chi connectivity index (χ2n) is 4.10. The van der Waals surface area contributed by atoms with Crippen molar-refractivity contribution in [3.8, 4) is 0 Å². The van der Waals surface area contributed by atoms with Crippen molar-refractivity contribution >= 4 is 5.78 Å². The predicted molar refractivity (Wildman–Crippen MR) is 64.1 cm³/mol. The zero-order valence-electron chi connectivity index (χ0n) is 10.1. The lowest BCUT2D eigenvalue weighted by Gasteiger charge is -2.09. The summed E-state index contributed by atoms with van der Waals surface area (Å²) in [4.78, 5) is 15.9. The lowest BCUT2D eigenvalue weighted by atomic mass is 10.0. The first-order valence-corrected chi connectivity index (χ1v) is 5.94. The standard InChI is InChI=1S/C12H21N3O/c1-3-5-10(13)8-11(16)9-12-14-6-7-15(12)4-2/h6-7,10H,3-5,8-9,13H2,1-2H3. The molecule has 4 heteroatoms. The SMILES string of the molecule is CCCC(N)CC(=O)Cc1nccn1CC. The van der Waals surface area contributed by atoms with Crippen LogP contribution in [-0.2, 0) is 17.8 Å². The van der Waals surface area contributed by atoms with Crippen molar-refractivity contribution in [3.05, 3.63) is 18.2 Å². The Morgan fingerprint density at radius 1 is 1.56 bits per heavy atom. The van der Waals surface area contributed by atoms with Gasteiger partial charge in [0, 0.05) is 31.4 Å².